The second-order valence-corrected chi connectivity index (χ2v) is 3.72. The van der Waals surface area contributed by atoms with Gasteiger partial charge < -0.3 is 14.9 Å². The molecule has 2 N–H and O–H groups in total. The molecule has 0 aliphatic heterocycles. The van der Waals surface area contributed by atoms with Gasteiger partial charge in [0, 0.05) is 23.6 Å². The van der Waals surface area contributed by atoms with E-state index in [-0.39, 0.29) is 6.61 Å². The van der Waals surface area contributed by atoms with E-state index in [1.54, 1.807) is 25.1 Å². The molecule has 0 spiro atoms. The van der Waals surface area contributed by atoms with Crippen molar-refractivity contribution in [2.45, 2.75) is 19.4 Å². The number of hydrogen-bond acceptors (Lipinski definition) is 3. The third kappa shape index (κ3) is 3.70. The summed E-state index contributed by atoms with van der Waals surface area (Å²) in [6.07, 6.45) is -0.0464. The number of rotatable bonds is 5. The molecule has 4 heteroatoms. The van der Waals surface area contributed by atoms with Gasteiger partial charge in [0.25, 0.3) is 0 Å². The molecule has 1 rings (SSSR count). The Labute approximate surface area is 94.3 Å². The first-order valence-electron chi connectivity index (χ1n) is 4.86. The molecule has 0 radical (unpaired) electrons. The standard InChI is InChI=1S/C11H15ClO3/c1-8(14)10-7-9(12)3-4-11(10)15-6-2-5-13/h3-4,7-8,13-14H,2,5-6H2,1H3/t8-/m0/s1. The molecule has 3 nitrogen and oxygen atoms in total. The Balaban J connectivity index is 2.77. The van der Waals surface area contributed by atoms with Crippen molar-refractivity contribution in [2.24, 2.45) is 0 Å². The van der Waals surface area contributed by atoms with Crippen molar-refractivity contribution in [3.05, 3.63) is 28.8 Å². The van der Waals surface area contributed by atoms with Gasteiger partial charge >= 0.3 is 0 Å². The lowest BCUT2D eigenvalue weighted by molar-refractivity contribution is 0.187. The second-order valence-electron chi connectivity index (χ2n) is 3.28. The van der Waals surface area contributed by atoms with Crippen molar-refractivity contribution in [1.29, 1.82) is 0 Å². The van der Waals surface area contributed by atoms with Crippen molar-refractivity contribution >= 4 is 11.6 Å². The van der Waals surface area contributed by atoms with Gasteiger partial charge in [0.15, 0.2) is 0 Å². The third-order valence-electron chi connectivity index (χ3n) is 1.98. The minimum atomic E-state index is -0.618. The van der Waals surface area contributed by atoms with E-state index in [0.717, 1.165) is 0 Å². The van der Waals surface area contributed by atoms with Gasteiger partial charge in [-0.25, -0.2) is 0 Å². The molecule has 0 heterocycles. The normalized spacial score (nSPS) is 12.5. The summed E-state index contributed by atoms with van der Waals surface area (Å²) in [5.74, 6) is 0.614. The van der Waals surface area contributed by atoms with Crippen LogP contribution in [0.25, 0.3) is 0 Å². The van der Waals surface area contributed by atoms with Crippen LogP contribution in [0.2, 0.25) is 5.02 Å². The Kier molecular flexibility index (Phi) is 4.88. The molecule has 0 unspecified atom stereocenters. The molecule has 0 aromatic heterocycles. The number of aliphatic hydroxyl groups excluding tert-OH is 2. The van der Waals surface area contributed by atoms with Crippen LogP contribution in [-0.4, -0.2) is 23.4 Å². The fourth-order valence-electron chi connectivity index (χ4n) is 1.22. The van der Waals surface area contributed by atoms with E-state index in [1.165, 1.54) is 0 Å². The lowest BCUT2D eigenvalue weighted by Crippen LogP contribution is -2.03. The highest BCUT2D eigenvalue weighted by molar-refractivity contribution is 6.30. The van der Waals surface area contributed by atoms with Crippen LogP contribution in [0.1, 0.15) is 25.0 Å². The molecule has 1 aromatic rings. The van der Waals surface area contributed by atoms with E-state index in [4.69, 9.17) is 21.4 Å². The highest BCUT2D eigenvalue weighted by Crippen LogP contribution is 2.28. The van der Waals surface area contributed by atoms with E-state index in [0.29, 0.717) is 29.4 Å². The van der Waals surface area contributed by atoms with Crippen LogP contribution in [0.3, 0.4) is 0 Å². The van der Waals surface area contributed by atoms with Crippen molar-refractivity contribution in [3.8, 4) is 5.75 Å². The zero-order chi connectivity index (χ0) is 11.3. The molecule has 0 amide bonds. The molecule has 1 aromatic carbocycles. The van der Waals surface area contributed by atoms with Crippen LogP contribution in [0.5, 0.6) is 5.75 Å². The first-order valence-corrected chi connectivity index (χ1v) is 5.24. The summed E-state index contributed by atoms with van der Waals surface area (Å²) in [6, 6.07) is 5.12. The van der Waals surface area contributed by atoms with E-state index >= 15 is 0 Å². The number of ether oxygens (including phenoxy) is 1. The molecule has 0 bridgehead atoms. The first kappa shape index (κ1) is 12.3. The molecule has 0 aliphatic rings. The average molecular weight is 231 g/mol. The quantitative estimate of drug-likeness (QED) is 0.763. The minimum absolute atomic E-state index is 0.0948. The SMILES string of the molecule is C[C@H](O)c1cc(Cl)ccc1OCCCO. The van der Waals surface area contributed by atoms with E-state index in [2.05, 4.69) is 0 Å². The number of aliphatic hydroxyl groups is 2. The summed E-state index contributed by atoms with van der Waals surface area (Å²) in [5.41, 5.74) is 0.667. The smallest absolute Gasteiger partial charge is 0.125 e. The molecule has 84 valence electrons. The first-order chi connectivity index (χ1) is 7.15. The highest BCUT2D eigenvalue weighted by Gasteiger charge is 2.09. The third-order valence-corrected chi connectivity index (χ3v) is 2.22. The maximum atomic E-state index is 9.50. The van der Waals surface area contributed by atoms with Gasteiger partial charge in [-0.05, 0) is 25.1 Å². The molecule has 0 saturated heterocycles. The molecule has 15 heavy (non-hydrogen) atoms. The summed E-state index contributed by atoms with van der Waals surface area (Å²) in [5, 5.41) is 18.7. The van der Waals surface area contributed by atoms with Crippen molar-refractivity contribution in [2.75, 3.05) is 13.2 Å². The molecule has 0 saturated carbocycles. The summed E-state index contributed by atoms with van der Waals surface area (Å²) >= 11 is 5.82. The van der Waals surface area contributed by atoms with Crippen molar-refractivity contribution < 1.29 is 14.9 Å². The van der Waals surface area contributed by atoms with Gasteiger partial charge in [0.1, 0.15) is 5.75 Å². The monoisotopic (exact) mass is 230 g/mol. The minimum Gasteiger partial charge on any atom is -0.493 e. The average Bonchev–Trinajstić information content (AvgIpc) is 2.20. The lowest BCUT2D eigenvalue weighted by Gasteiger charge is -2.13. The number of hydrogen-bond donors (Lipinski definition) is 2. The number of halogens is 1. The van der Waals surface area contributed by atoms with Gasteiger partial charge in [0.05, 0.1) is 12.7 Å². The molecule has 0 fully saturated rings. The zero-order valence-electron chi connectivity index (χ0n) is 8.61. The summed E-state index contributed by atoms with van der Waals surface area (Å²) in [4.78, 5) is 0. The fraction of sp³-hybridized carbons (Fsp3) is 0.455. The van der Waals surface area contributed by atoms with Gasteiger partial charge in [-0.15, -0.1) is 0 Å². The van der Waals surface area contributed by atoms with Crippen LogP contribution in [0.15, 0.2) is 18.2 Å². The molecular weight excluding hydrogens is 216 g/mol. The summed E-state index contributed by atoms with van der Waals surface area (Å²) in [6.45, 7) is 2.18. The molecular formula is C11H15ClO3. The van der Waals surface area contributed by atoms with Crippen LogP contribution in [0.4, 0.5) is 0 Å². The highest BCUT2D eigenvalue weighted by atomic mass is 35.5. The fourth-order valence-corrected chi connectivity index (χ4v) is 1.40. The second kappa shape index (κ2) is 5.95. The zero-order valence-corrected chi connectivity index (χ0v) is 9.37. The predicted molar refractivity (Wildman–Crippen MR) is 59.3 cm³/mol. The van der Waals surface area contributed by atoms with E-state index in [9.17, 15) is 5.11 Å². The van der Waals surface area contributed by atoms with Crippen LogP contribution >= 0.6 is 11.6 Å². The van der Waals surface area contributed by atoms with Crippen molar-refractivity contribution in [3.63, 3.8) is 0 Å². The topological polar surface area (TPSA) is 49.7 Å². The van der Waals surface area contributed by atoms with E-state index < -0.39 is 6.10 Å². The predicted octanol–water partition coefficient (Wildman–Crippen LogP) is 2.15. The van der Waals surface area contributed by atoms with Crippen molar-refractivity contribution in [1.82, 2.24) is 0 Å². The largest absolute Gasteiger partial charge is 0.493 e. The van der Waals surface area contributed by atoms with Crippen LogP contribution in [-0.2, 0) is 0 Å². The maximum Gasteiger partial charge on any atom is 0.125 e. The summed E-state index contributed by atoms with van der Waals surface area (Å²) in [7, 11) is 0. The summed E-state index contributed by atoms with van der Waals surface area (Å²) < 4.78 is 5.42. The van der Waals surface area contributed by atoms with Gasteiger partial charge in [-0.3, -0.25) is 0 Å². The Morgan fingerprint density at radius 3 is 2.80 bits per heavy atom. The number of benzene rings is 1. The maximum absolute atomic E-state index is 9.50. The van der Waals surface area contributed by atoms with Gasteiger partial charge in [0.2, 0.25) is 0 Å². The van der Waals surface area contributed by atoms with Gasteiger partial charge in [-0.2, -0.15) is 0 Å². The Bertz CT molecular complexity index is 313. The molecule has 0 aliphatic carbocycles. The Hall–Kier alpha value is -0.770. The molecule has 1 atom stereocenters. The van der Waals surface area contributed by atoms with Crippen LogP contribution < -0.4 is 4.74 Å². The van der Waals surface area contributed by atoms with Crippen LogP contribution in [0, 0.1) is 0 Å². The van der Waals surface area contributed by atoms with Gasteiger partial charge in [-0.1, -0.05) is 11.6 Å². The Morgan fingerprint density at radius 2 is 2.20 bits per heavy atom. The van der Waals surface area contributed by atoms with E-state index in [1.807, 2.05) is 0 Å². The Morgan fingerprint density at radius 1 is 1.47 bits per heavy atom. The lowest BCUT2D eigenvalue weighted by atomic mass is 10.1.